The second-order valence-corrected chi connectivity index (χ2v) is 7.76. The second-order valence-electron chi connectivity index (χ2n) is 7.35. The summed E-state index contributed by atoms with van der Waals surface area (Å²) in [4.78, 5) is 17.2. The van der Waals surface area contributed by atoms with Gasteiger partial charge < -0.3 is 19.7 Å². The number of aryl methyl sites for hydroxylation is 1. The van der Waals surface area contributed by atoms with Gasteiger partial charge in [-0.25, -0.2) is 0 Å². The maximum atomic E-state index is 12.6. The number of hydrogen-bond donors (Lipinski definition) is 1. The number of benzene rings is 2. The molecular weight excluding hydrogens is 390 g/mol. The van der Waals surface area contributed by atoms with E-state index in [-0.39, 0.29) is 5.91 Å². The smallest absolute Gasteiger partial charge is 0.238 e. The summed E-state index contributed by atoms with van der Waals surface area (Å²) in [5, 5.41) is 3.35. The van der Waals surface area contributed by atoms with E-state index in [2.05, 4.69) is 53.2 Å². The Hall–Kier alpha value is -2.44. The van der Waals surface area contributed by atoms with Gasteiger partial charge in [-0.1, -0.05) is 29.3 Å². The fourth-order valence-corrected chi connectivity index (χ4v) is 3.88. The molecule has 156 valence electrons. The van der Waals surface area contributed by atoms with Crippen LogP contribution in [-0.4, -0.2) is 57.2 Å². The van der Waals surface area contributed by atoms with E-state index in [4.69, 9.17) is 21.1 Å². The van der Waals surface area contributed by atoms with Crippen molar-refractivity contribution in [1.82, 2.24) is 4.90 Å². The summed E-state index contributed by atoms with van der Waals surface area (Å²) in [5.74, 6) is 0.897. The van der Waals surface area contributed by atoms with Crippen molar-refractivity contribution < 1.29 is 14.3 Å². The standard InChI is InChI=1S/C22H28ClN3O3/c1-15-5-7-17(8-6-15)26-10-9-25(13-16(26)2)14-22(27)24-19-12-20(28-3)18(23)11-21(19)29-4/h5-8,11-12,16H,9-10,13-14H2,1-4H3,(H,24,27). The Morgan fingerprint density at radius 1 is 1.14 bits per heavy atom. The zero-order valence-corrected chi connectivity index (χ0v) is 18.1. The average Bonchev–Trinajstić information content (AvgIpc) is 2.70. The molecule has 1 heterocycles. The number of nitrogens with one attached hydrogen (secondary N) is 1. The third kappa shape index (κ3) is 5.14. The minimum absolute atomic E-state index is 0.0938. The van der Waals surface area contributed by atoms with Crippen LogP contribution in [0, 0.1) is 6.92 Å². The maximum absolute atomic E-state index is 12.6. The number of hydrogen-bond acceptors (Lipinski definition) is 5. The van der Waals surface area contributed by atoms with Crippen LogP contribution in [0.2, 0.25) is 5.02 Å². The molecule has 0 aromatic heterocycles. The van der Waals surface area contributed by atoms with Crippen LogP contribution in [0.4, 0.5) is 11.4 Å². The number of methoxy groups -OCH3 is 2. The van der Waals surface area contributed by atoms with Gasteiger partial charge in [0.1, 0.15) is 11.5 Å². The van der Waals surface area contributed by atoms with Crippen molar-refractivity contribution in [2.45, 2.75) is 19.9 Å². The van der Waals surface area contributed by atoms with E-state index in [1.54, 1.807) is 19.2 Å². The van der Waals surface area contributed by atoms with Crippen LogP contribution in [-0.2, 0) is 4.79 Å². The number of rotatable bonds is 6. The molecule has 1 N–H and O–H groups in total. The SMILES string of the molecule is COc1cc(NC(=O)CN2CCN(c3ccc(C)cc3)C(C)C2)c(OC)cc1Cl. The Kier molecular flexibility index (Phi) is 6.87. The van der Waals surface area contributed by atoms with E-state index in [1.807, 2.05) is 0 Å². The van der Waals surface area contributed by atoms with Crippen LogP contribution < -0.4 is 19.7 Å². The molecule has 2 aromatic rings. The van der Waals surface area contributed by atoms with Gasteiger partial charge in [-0.05, 0) is 26.0 Å². The molecule has 29 heavy (non-hydrogen) atoms. The number of ether oxygens (including phenoxy) is 2. The van der Waals surface area contributed by atoms with Gasteiger partial charge in [0.15, 0.2) is 0 Å². The molecular formula is C22H28ClN3O3. The number of carbonyl (C=O) groups is 1. The van der Waals surface area contributed by atoms with Gasteiger partial charge in [-0.15, -0.1) is 0 Å². The molecule has 1 aliphatic heterocycles. The number of halogens is 1. The van der Waals surface area contributed by atoms with E-state index in [0.717, 1.165) is 19.6 Å². The zero-order chi connectivity index (χ0) is 21.0. The molecule has 1 amide bonds. The van der Waals surface area contributed by atoms with Crippen LogP contribution in [0.15, 0.2) is 36.4 Å². The van der Waals surface area contributed by atoms with Gasteiger partial charge >= 0.3 is 0 Å². The van der Waals surface area contributed by atoms with Crippen molar-refractivity contribution >= 4 is 28.9 Å². The lowest BCUT2D eigenvalue weighted by molar-refractivity contribution is -0.117. The highest BCUT2D eigenvalue weighted by Crippen LogP contribution is 2.35. The van der Waals surface area contributed by atoms with E-state index < -0.39 is 0 Å². The fraction of sp³-hybridized carbons (Fsp3) is 0.409. The first-order valence-corrected chi connectivity index (χ1v) is 10.1. The van der Waals surface area contributed by atoms with Gasteiger partial charge in [0.2, 0.25) is 5.91 Å². The van der Waals surface area contributed by atoms with Crippen LogP contribution >= 0.6 is 11.6 Å². The molecule has 6 nitrogen and oxygen atoms in total. The molecule has 0 bridgehead atoms. The summed E-state index contributed by atoms with van der Waals surface area (Å²) in [6, 6.07) is 12.2. The minimum atomic E-state index is -0.0938. The molecule has 0 aliphatic carbocycles. The molecule has 3 rings (SSSR count). The Labute approximate surface area is 177 Å². The third-order valence-electron chi connectivity index (χ3n) is 5.19. The third-order valence-corrected chi connectivity index (χ3v) is 5.49. The largest absolute Gasteiger partial charge is 0.495 e. The first-order valence-electron chi connectivity index (χ1n) is 9.68. The Morgan fingerprint density at radius 2 is 1.83 bits per heavy atom. The van der Waals surface area contributed by atoms with Crippen molar-refractivity contribution in [2.24, 2.45) is 0 Å². The molecule has 0 radical (unpaired) electrons. The van der Waals surface area contributed by atoms with Crippen molar-refractivity contribution in [2.75, 3.05) is 50.6 Å². The predicted octanol–water partition coefficient (Wildman–Crippen LogP) is 3.81. The first-order chi connectivity index (χ1) is 13.9. The van der Waals surface area contributed by atoms with Gasteiger partial charge in [-0.2, -0.15) is 0 Å². The summed E-state index contributed by atoms with van der Waals surface area (Å²) in [6.45, 7) is 7.14. The summed E-state index contributed by atoms with van der Waals surface area (Å²) < 4.78 is 10.6. The number of anilines is 2. The molecule has 1 saturated heterocycles. The lowest BCUT2D eigenvalue weighted by Crippen LogP contribution is -2.53. The van der Waals surface area contributed by atoms with Crippen molar-refractivity contribution in [1.29, 1.82) is 0 Å². The van der Waals surface area contributed by atoms with Gasteiger partial charge in [0.25, 0.3) is 0 Å². The van der Waals surface area contributed by atoms with Crippen LogP contribution in [0.1, 0.15) is 12.5 Å². The normalized spacial score (nSPS) is 17.1. The quantitative estimate of drug-likeness (QED) is 0.774. The minimum Gasteiger partial charge on any atom is -0.495 e. The van der Waals surface area contributed by atoms with Crippen molar-refractivity contribution in [3.05, 3.63) is 47.0 Å². The molecule has 2 aromatic carbocycles. The van der Waals surface area contributed by atoms with Gasteiger partial charge in [-0.3, -0.25) is 9.69 Å². The highest BCUT2D eigenvalue weighted by molar-refractivity contribution is 6.32. The summed E-state index contributed by atoms with van der Waals surface area (Å²) in [6.07, 6.45) is 0. The first kappa shape index (κ1) is 21.3. The molecule has 1 fully saturated rings. The molecule has 0 saturated carbocycles. The van der Waals surface area contributed by atoms with E-state index in [1.165, 1.54) is 18.4 Å². The number of piperazine rings is 1. The second kappa shape index (κ2) is 9.37. The molecule has 1 atom stereocenters. The van der Waals surface area contributed by atoms with Crippen LogP contribution in [0.5, 0.6) is 11.5 Å². The predicted molar refractivity (Wildman–Crippen MR) is 118 cm³/mol. The average molecular weight is 418 g/mol. The van der Waals surface area contributed by atoms with E-state index in [9.17, 15) is 4.79 Å². The molecule has 1 aliphatic rings. The van der Waals surface area contributed by atoms with Crippen LogP contribution in [0.25, 0.3) is 0 Å². The van der Waals surface area contributed by atoms with Gasteiger partial charge in [0.05, 0.1) is 31.5 Å². The number of nitrogens with zero attached hydrogens (tertiary/aromatic N) is 2. The molecule has 1 unspecified atom stereocenters. The summed E-state index contributed by atoms with van der Waals surface area (Å²) >= 11 is 6.13. The van der Waals surface area contributed by atoms with Crippen LogP contribution in [0.3, 0.4) is 0 Å². The molecule has 7 heteroatoms. The lowest BCUT2D eigenvalue weighted by atomic mass is 10.1. The summed E-state index contributed by atoms with van der Waals surface area (Å²) in [5.41, 5.74) is 3.03. The zero-order valence-electron chi connectivity index (χ0n) is 17.4. The fourth-order valence-electron chi connectivity index (χ4n) is 3.65. The Morgan fingerprint density at radius 3 is 2.45 bits per heavy atom. The monoisotopic (exact) mass is 417 g/mol. The molecule has 0 spiro atoms. The van der Waals surface area contributed by atoms with Gasteiger partial charge in [0, 0.05) is 43.5 Å². The highest BCUT2D eigenvalue weighted by Gasteiger charge is 2.25. The Bertz CT molecular complexity index is 857. The Balaban J connectivity index is 1.60. The summed E-state index contributed by atoms with van der Waals surface area (Å²) in [7, 11) is 3.08. The maximum Gasteiger partial charge on any atom is 0.238 e. The van der Waals surface area contributed by atoms with Crippen molar-refractivity contribution in [3.63, 3.8) is 0 Å². The van der Waals surface area contributed by atoms with Crippen molar-refractivity contribution in [3.8, 4) is 11.5 Å². The lowest BCUT2D eigenvalue weighted by Gasteiger charge is -2.41. The highest BCUT2D eigenvalue weighted by atomic mass is 35.5. The number of carbonyl (C=O) groups excluding carboxylic acids is 1. The van der Waals surface area contributed by atoms with E-state index >= 15 is 0 Å². The van der Waals surface area contributed by atoms with E-state index in [0.29, 0.717) is 34.8 Å². The topological polar surface area (TPSA) is 54.0 Å². The number of amides is 1.